The monoisotopic (exact) mass is 526 g/mol. The fraction of sp³-hybridized carbons (Fsp3) is 0.357. The first-order valence-electron chi connectivity index (χ1n) is 12.2. The van der Waals surface area contributed by atoms with Crippen molar-refractivity contribution in [1.82, 2.24) is 9.80 Å². The minimum Gasteiger partial charge on any atom is -0.491 e. The highest BCUT2D eigenvalue weighted by molar-refractivity contribution is 7.10. The highest BCUT2D eigenvalue weighted by Gasteiger charge is 2.35. The molecule has 1 aromatic heterocycles. The van der Waals surface area contributed by atoms with E-state index in [1.54, 1.807) is 28.4 Å². The zero-order chi connectivity index (χ0) is 25.2. The lowest BCUT2D eigenvalue weighted by Gasteiger charge is -2.37. The summed E-state index contributed by atoms with van der Waals surface area (Å²) in [7, 11) is 0. The molecule has 0 saturated heterocycles. The van der Waals surface area contributed by atoms with E-state index in [1.165, 1.54) is 23.1 Å². The van der Waals surface area contributed by atoms with Crippen molar-refractivity contribution in [3.05, 3.63) is 86.3 Å². The summed E-state index contributed by atoms with van der Waals surface area (Å²) < 4.78 is 19.9. The van der Waals surface area contributed by atoms with E-state index in [2.05, 4.69) is 6.07 Å². The fourth-order valence-electron chi connectivity index (χ4n) is 4.65. The van der Waals surface area contributed by atoms with Gasteiger partial charge in [0.25, 0.3) is 5.91 Å². The van der Waals surface area contributed by atoms with Gasteiger partial charge in [-0.1, -0.05) is 17.7 Å². The molecule has 2 aromatic carbocycles. The number of thiophene rings is 1. The summed E-state index contributed by atoms with van der Waals surface area (Å²) in [6.45, 7) is 3.25. The van der Waals surface area contributed by atoms with E-state index in [9.17, 15) is 14.0 Å². The van der Waals surface area contributed by atoms with Gasteiger partial charge in [0, 0.05) is 28.6 Å². The van der Waals surface area contributed by atoms with Gasteiger partial charge in [0.15, 0.2) is 0 Å². The molecule has 36 heavy (non-hydrogen) atoms. The molecule has 1 atom stereocenters. The Morgan fingerprint density at radius 3 is 2.78 bits per heavy atom. The predicted octanol–water partition coefficient (Wildman–Crippen LogP) is 5.91. The van der Waals surface area contributed by atoms with Crippen LogP contribution in [0.4, 0.5) is 4.39 Å². The zero-order valence-electron chi connectivity index (χ0n) is 20.1. The van der Waals surface area contributed by atoms with Crippen molar-refractivity contribution in [2.75, 3.05) is 26.2 Å². The maximum absolute atomic E-state index is 13.8. The Morgan fingerprint density at radius 2 is 2.03 bits per heavy atom. The average molecular weight is 527 g/mol. The Bertz CT molecular complexity index is 1280. The molecule has 0 radical (unpaired) electrons. The van der Waals surface area contributed by atoms with Crippen molar-refractivity contribution < 1.29 is 18.7 Å². The lowest BCUT2D eigenvalue weighted by atomic mass is 10.00. The summed E-state index contributed by atoms with van der Waals surface area (Å²) in [6.07, 6.45) is 2.86. The molecule has 1 fully saturated rings. The number of hydrogen-bond donors (Lipinski definition) is 0. The molecule has 0 unspecified atom stereocenters. The van der Waals surface area contributed by atoms with Crippen LogP contribution in [0.5, 0.6) is 5.75 Å². The molecule has 2 heterocycles. The van der Waals surface area contributed by atoms with Gasteiger partial charge >= 0.3 is 0 Å². The van der Waals surface area contributed by atoms with E-state index >= 15 is 0 Å². The predicted molar refractivity (Wildman–Crippen MR) is 139 cm³/mol. The quantitative estimate of drug-likeness (QED) is 0.367. The summed E-state index contributed by atoms with van der Waals surface area (Å²) in [5.41, 5.74) is 2.28. The topological polar surface area (TPSA) is 49.9 Å². The standard InChI is InChI=1S/C28H28ClFN2O3S/c1-18-13-22(7-8-24(18)29)35-17-25-23-10-12-36-26(23)9-11-32(25)27(33)16-31(15-19-5-6-19)28(34)20-3-2-4-21(30)14-20/h2-4,7-8,10,12-14,19,25H,5-6,9,11,15-17H2,1H3/t25-/m0/s1. The maximum Gasteiger partial charge on any atom is 0.254 e. The van der Waals surface area contributed by atoms with Crippen molar-refractivity contribution in [2.24, 2.45) is 5.92 Å². The molecular weight excluding hydrogens is 499 g/mol. The van der Waals surface area contributed by atoms with Crippen LogP contribution < -0.4 is 4.74 Å². The molecule has 8 heteroatoms. The second-order valence-electron chi connectivity index (χ2n) is 9.51. The van der Waals surface area contributed by atoms with Crippen LogP contribution in [0, 0.1) is 18.7 Å². The van der Waals surface area contributed by atoms with Crippen LogP contribution in [-0.2, 0) is 11.2 Å². The summed E-state index contributed by atoms with van der Waals surface area (Å²) in [6, 6.07) is 13.0. The molecular formula is C28H28ClFN2O3S. The molecule has 0 bridgehead atoms. The van der Waals surface area contributed by atoms with Gasteiger partial charge in [0.05, 0.1) is 6.04 Å². The molecule has 3 aromatic rings. The zero-order valence-corrected chi connectivity index (χ0v) is 21.7. The molecule has 2 amide bonds. The van der Waals surface area contributed by atoms with Crippen molar-refractivity contribution in [3.8, 4) is 5.75 Å². The molecule has 1 saturated carbocycles. The van der Waals surface area contributed by atoms with Crippen LogP contribution in [0.3, 0.4) is 0 Å². The number of carbonyl (C=O) groups is 2. The fourth-order valence-corrected chi connectivity index (χ4v) is 5.69. The van der Waals surface area contributed by atoms with E-state index in [1.807, 2.05) is 29.3 Å². The number of hydrogen-bond acceptors (Lipinski definition) is 4. The third kappa shape index (κ3) is 5.57. The first-order chi connectivity index (χ1) is 17.4. The van der Waals surface area contributed by atoms with Gasteiger partial charge in [-0.25, -0.2) is 4.39 Å². The molecule has 5 rings (SSSR count). The van der Waals surface area contributed by atoms with Gasteiger partial charge in [-0.15, -0.1) is 11.3 Å². The summed E-state index contributed by atoms with van der Waals surface area (Å²) in [5, 5.41) is 2.72. The number of halogens is 2. The number of aryl methyl sites for hydroxylation is 1. The first-order valence-corrected chi connectivity index (χ1v) is 13.4. The first kappa shape index (κ1) is 24.8. The lowest BCUT2D eigenvalue weighted by molar-refractivity contribution is -0.135. The Morgan fingerprint density at radius 1 is 1.19 bits per heavy atom. The normalized spacial score (nSPS) is 17.0. The van der Waals surface area contributed by atoms with E-state index in [-0.39, 0.29) is 30.0 Å². The van der Waals surface area contributed by atoms with E-state index in [4.69, 9.17) is 16.3 Å². The number of amides is 2. The second kappa shape index (κ2) is 10.6. The van der Waals surface area contributed by atoms with E-state index in [0.29, 0.717) is 36.4 Å². The number of benzene rings is 2. The summed E-state index contributed by atoms with van der Waals surface area (Å²) in [4.78, 5) is 31.6. The summed E-state index contributed by atoms with van der Waals surface area (Å²) >= 11 is 7.85. The lowest BCUT2D eigenvalue weighted by Crippen LogP contribution is -2.48. The Hall–Kier alpha value is -2.90. The van der Waals surface area contributed by atoms with Gasteiger partial charge in [0.1, 0.15) is 24.7 Å². The van der Waals surface area contributed by atoms with Gasteiger partial charge in [-0.05, 0) is 91.1 Å². The van der Waals surface area contributed by atoms with Crippen molar-refractivity contribution in [1.29, 1.82) is 0 Å². The third-order valence-electron chi connectivity index (χ3n) is 6.81. The Kier molecular flexibility index (Phi) is 7.30. The number of carbonyl (C=O) groups excluding carboxylic acids is 2. The molecule has 0 N–H and O–H groups in total. The highest BCUT2D eigenvalue weighted by Crippen LogP contribution is 2.35. The van der Waals surface area contributed by atoms with Crippen molar-refractivity contribution in [2.45, 2.75) is 32.2 Å². The Balaban J connectivity index is 1.34. The smallest absolute Gasteiger partial charge is 0.254 e. The Labute approximate surface area is 219 Å². The van der Waals surface area contributed by atoms with Gasteiger partial charge in [0.2, 0.25) is 5.91 Å². The SMILES string of the molecule is Cc1cc(OC[C@H]2c3ccsc3CCN2C(=O)CN(CC2CC2)C(=O)c2cccc(F)c2)ccc1Cl. The minimum absolute atomic E-state index is 0.0398. The molecule has 1 aliphatic heterocycles. The van der Waals surface area contributed by atoms with Crippen molar-refractivity contribution in [3.63, 3.8) is 0 Å². The highest BCUT2D eigenvalue weighted by atomic mass is 35.5. The summed E-state index contributed by atoms with van der Waals surface area (Å²) in [5.74, 6) is 0.190. The van der Waals surface area contributed by atoms with Crippen molar-refractivity contribution >= 4 is 34.8 Å². The van der Waals surface area contributed by atoms with Gasteiger partial charge < -0.3 is 14.5 Å². The molecule has 2 aliphatic rings. The minimum atomic E-state index is -0.464. The van der Waals surface area contributed by atoms with E-state index in [0.717, 1.165) is 30.4 Å². The number of ether oxygens (including phenoxy) is 1. The molecule has 0 spiro atoms. The van der Waals surface area contributed by atoms with Crippen LogP contribution in [-0.4, -0.2) is 47.9 Å². The van der Waals surface area contributed by atoms with Crippen LogP contribution >= 0.6 is 22.9 Å². The van der Waals surface area contributed by atoms with E-state index < -0.39 is 5.82 Å². The average Bonchev–Trinajstić information content (AvgIpc) is 3.55. The molecule has 188 valence electrons. The maximum atomic E-state index is 13.8. The molecule has 5 nitrogen and oxygen atoms in total. The van der Waals surface area contributed by atoms with Crippen LogP contribution in [0.1, 0.15) is 45.2 Å². The molecule has 1 aliphatic carbocycles. The third-order valence-corrected chi connectivity index (χ3v) is 8.23. The van der Waals surface area contributed by atoms with Crippen LogP contribution in [0.15, 0.2) is 53.9 Å². The number of rotatable bonds is 8. The van der Waals surface area contributed by atoms with Crippen LogP contribution in [0.25, 0.3) is 0 Å². The van der Waals surface area contributed by atoms with Gasteiger partial charge in [-0.2, -0.15) is 0 Å². The number of fused-ring (bicyclic) bond motifs is 1. The van der Waals surface area contributed by atoms with Crippen LogP contribution in [0.2, 0.25) is 5.02 Å². The largest absolute Gasteiger partial charge is 0.491 e. The second-order valence-corrected chi connectivity index (χ2v) is 10.9. The number of nitrogens with zero attached hydrogens (tertiary/aromatic N) is 2. The van der Waals surface area contributed by atoms with Gasteiger partial charge in [-0.3, -0.25) is 9.59 Å².